The smallest absolute Gasteiger partial charge is 0.327 e. The van der Waals surface area contributed by atoms with Gasteiger partial charge in [0.15, 0.2) is 0 Å². The van der Waals surface area contributed by atoms with Crippen LogP contribution in [-0.4, -0.2) is 9.97 Å². The van der Waals surface area contributed by atoms with Crippen molar-refractivity contribution in [2.45, 2.75) is 6.18 Å². The minimum Gasteiger partial charge on any atom is -0.327 e. The molecule has 0 spiro atoms. The molecule has 0 amide bonds. The predicted molar refractivity (Wildman–Crippen MR) is 47.4 cm³/mol. The maximum absolute atomic E-state index is 12.3. The molecule has 1 N–H and O–H groups in total. The number of pyridine rings is 2. The zero-order chi connectivity index (χ0) is 11.1. The molecule has 2 rings (SSSR count). The van der Waals surface area contributed by atoms with Crippen LogP contribution in [0.3, 0.4) is 0 Å². The van der Waals surface area contributed by atoms with Gasteiger partial charge in [-0.15, -0.1) is 0 Å². The van der Waals surface area contributed by atoms with Crippen molar-refractivity contribution in [2.75, 3.05) is 0 Å². The molecule has 0 bridgehead atoms. The summed E-state index contributed by atoms with van der Waals surface area (Å²) in [4.78, 5) is 16.7. The Hall–Kier alpha value is -1.85. The van der Waals surface area contributed by atoms with Crippen molar-refractivity contribution in [1.82, 2.24) is 9.97 Å². The summed E-state index contributed by atoms with van der Waals surface area (Å²) in [5.74, 6) is 0. The van der Waals surface area contributed by atoms with Gasteiger partial charge < -0.3 is 4.98 Å². The zero-order valence-electron chi connectivity index (χ0n) is 7.30. The molecular weight excluding hydrogens is 209 g/mol. The van der Waals surface area contributed by atoms with Gasteiger partial charge in [0.2, 0.25) is 0 Å². The van der Waals surface area contributed by atoms with Crippen LogP contribution < -0.4 is 5.56 Å². The third kappa shape index (κ3) is 1.70. The molecule has 78 valence electrons. The Balaban J connectivity index is 2.76. The van der Waals surface area contributed by atoms with Crippen LogP contribution in [0.25, 0.3) is 10.9 Å². The van der Waals surface area contributed by atoms with Crippen molar-refractivity contribution in [2.24, 2.45) is 0 Å². The van der Waals surface area contributed by atoms with E-state index in [1.807, 2.05) is 0 Å². The van der Waals surface area contributed by atoms with Crippen molar-refractivity contribution in [1.29, 1.82) is 0 Å². The Kier molecular flexibility index (Phi) is 1.99. The highest BCUT2D eigenvalue weighted by atomic mass is 19.4. The predicted octanol–water partition coefficient (Wildman–Crippen LogP) is 1.94. The Bertz CT molecular complexity index is 559. The number of aromatic nitrogens is 2. The van der Waals surface area contributed by atoms with Gasteiger partial charge in [0.25, 0.3) is 5.56 Å². The fraction of sp³-hybridized carbons (Fsp3) is 0.111. The lowest BCUT2D eigenvalue weighted by atomic mass is 10.2. The Labute approximate surface area is 81.6 Å². The van der Waals surface area contributed by atoms with Gasteiger partial charge in [0, 0.05) is 11.6 Å². The van der Waals surface area contributed by atoms with E-state index in [2.05, 4.69) is 9.97 Å². The Morgan fingerprint density at radius 1 is 1.20 bits per heavy atom. The summed E-state index contributed by atoms with van der Waals surface area (Å²) in [6, 6.07) is 3.56. The minimum absolute atomic E-state index is 0.202. The molecule has 2 aromatic rings. The van der Waals surface area contributed by atoms with Gasteiger partial charge >= 0.3 is 6.18 Å². The van der Waals surface area contributed by atoms with E-state index in [4.69, 9.17) is 0 Å². The van der Waals surface area contributed by atoms with E-state index in [0.717, 1.165) is 6.07 Å². The number of H-pyrrole nitrogens is 1. The third-order valence-corrected chi connectivity index (χ3v) is 1.91. The molecule has 0 saturated carbocycles. The third-order valence-electron chi connectivity index (χ3n) is 1.91. The number of hydrogen-bond acceptors (Lipinski definition) is 2. The summed E-state index contributed by atoms with van der Waals surface area (Å²) in [5, 5.41) is 0.381. The number of alkyl halides is 3. The van der Waals surface area contributed by atoms with Gasteiger partial charge in [-0.25, -0.2) is 4.98 Å². The molecule has 0 aromatic carbocycles. The van der Waals surface area contributed by atoms with Crippen LogP contribution in [0.5, 0.6) is 0 Å². The van der Waals surface area contributed by atoms with E-state index in [9.17, 15) is 18.0 Å². The molecule has 0 unspecified atom stereocenters. The SMILES string of the molecule is O=c1[nH]ccc2ccc(C(F)(F)F)nc12. The van der Waals surface area contributed by atoms with E-state index in [1.165, 1.54) is 18.3 Å². The fourth-order valence-electron chi connectivity index (χ4n) is 1.22. The summed E-state index contributed by atoms with van der Waals surface area (Å²) in [7, 11) is 0. The highest BCUT2D eigenvalue weighted by Gasteiger charge is 2.32. The van der Waals surface area contributed by atoms with Gasteiger partial charge in [-0.3, -0.25) is 4.79 Å². The molecule has 2 heterocycles. The number of rotatable bonds is 0. The molecule has 0 aliphatic carbocycles. The topological polar surface area (TPSA) is 45.8 Å². The number of fused-ring (bicyclic) bond motifs is 1. The van der Waals surface area contributed by atoms with Crippen LogP contribution in [0.4, 0.5) is 13.2 Å². The number of aromatic amines is 1. The minimum atomic E-state index is -4.53. The summed E-state index contributed by atoms with van der Waals surface area (Å²) in [5.41, 5.74) is -1.89. The van der Waals surface area contributed by atoms with Crippen LogP contribution in [-0.2, 0) is 6.18 Å². The monoisotopic (exact) mass is 214 g/mol. The fourth-order valence-corrected chi connectivity index (χ4v) is 1.22. The highest BCUT2D eigenvalue weighted by molar-refractivity contribution is 5.77. The summed E-state index contributed by atoms with van der Waals surface area (Å²) in [6.07, 6.45) is -3.17. The van der Waals surface area contributed by atoms with E-state index >= 15 is 0 Å². The lowest BCUT2D eigenvalue weighted by Crippen LogP contribution is -2.12. The quantitative estimate of drug-likeness (QED) is 0.728. The van der Waals surface area contributed by atoms with E-state index in [0.29, 0.717) is 5.39 Å². The lowest BCUT2D eigenvalue weighted by molar-refractivity contribution is -0.140. The van der Waals surface area contributed by atoms with Crippen LogP contribution in [0.15, 0.2) is 29.2 Å². The highest BCUT2D eigenvalue weighted by Crippen LogP contribution is 2.28. The van der Waals surface area contributed by atoms with Crippen molar-refractivity contribution < 1.29 is 13.2 Å². The Morgan fingerprint density at radius 2 is 1.93 bits per heavy atom. The maximum atomic E-state index is 12.3. The number of nitrogens with zero attached hydrogens (tertiary/aromatic N) is 1. The molecule has 0 aliphatic heterocycles. The molecule has 15 heavy (non-hydrogen) atoms. The molecule has 6 heteroatoms. The van der Waals surface area contributed by atoms with Crippen molar-refractivity contribution >= 4 is 10.9 Å². The standard InChI is InChI=1S/C9H5F3N2O/c10-9(11,12)6-2-1-5-3-4-13-8(15)7(5)14-6/h1-4H,(H,13,15). The molecule has 0 radical (unpaired) electrons. The van der Waals surface area contributed by atoms with E-state index in [1.54, 1.807) is 0 Å². The summed E-state index contributed by atoms with van der Waals surface area (Å²) in [6.45, 7) is 0. The first-order chi connectivity index (χ1) is 6.98. The molecule has 0 fully saturated rings. The van der Waals surface area contributed by atoms with Crippen LogP contribution in [0.1, 0.15) is 5.69 Å². The molecule has 2 aromatic heterocycles. The summed E-state index contributed by atoms with van der Waals surface area (Å²) < 4.78 is 36.8. The van der Waals surface area contributed by atoms with Crippen LogP contribution in [0.2, 0.25) is 0 Å². The Morgan fingerprint density at radius 3 is 2.60 bits per heavy atom. The molecular formula is C9H5F3N2O. The van der Waals surface area contributed by atoms with E-state index in [-0.39, 0.29) is 5.52 Å². The number of halogens is 3. The van der Waals surface area contributed by atoms with Crippen molar-refractivity contribution in [3.05, 3.63) is 40.4 Å². The van der Waals surface area contributed by atoms with Crippen molar-refractivity contribution in [3.63, 3.8) is 0 Å². The lowest BCUT2D eigenvalue weighted by Gasteiger charge is -2.05. The first-order valence-electron chi connectivity index (χ1n) is 4.04. The second kappa shape index (κ2) is 3.08. The van der Waals surface area contributed by atoms with Crippen LogP contribution in [0, 0.1) is 0 Å². The van der Waals surface area contributed by atoms with Gasteiger partial charge in [0.1, 0.15) is 11.2 Å². The first-order valence-corrected chi connectivity index (χ1v) is 4.04. The second-order valence-corrected chi connectivity index (χ2v) is 2.94. The molecule has 0 atom stereocenters. The number of hydrogen-bond donors (Lipinski definition) is 1. The second-order valence-electron chi connectivity index (χ2n) is 2.94. The average Bonchev–Trinajstić information content (AvgIpc) is 2.16. The molecule has 0 aliphatic rings. The largest absolute Gasteiger partial charge is 0.433 e. The average molecular weight is 214 g/mol. The summed E-state index contributed by atoms with van der Waals surface area (Å²) >= 11 is 0. The van der Waals surface area contributed by atoms with Crippen molar-refractivity contribution in [3.8, 4) is 0 Å². The van der Waals surface area contributed by atoms with E-state index < -0.39 is 17.4 Å². The molecule has 0 saturated heterocycles. The maximum Gasteiger partial charge on any atom is 0.433 e. The first kappa shape index (κ1) is 9.70. The van der Waals surface area contributed by atoms with Gasteiger partial charge in [-0.1, -0.05) is 6.07 Å². The normalized spacial score (nSPS) is 11.9. The van der Waals surface area contributed by atoms with Gasteiger partial charge in [-0.2, -0.15) is 13.2 Å². The van der Waals surface area contributed by atoms with Gasteiger partial charge in [0.05, 0.1) is 0 Å². The molecule has 3 nitrogen and oxygen atoms in total. The number of nitrogens with one attached hydrogen (secondary N) is 1. The van der Waals surface area contributed by atoms with Crippen LogP contribution >= 0.6 is 0 Å². The zero-order valence-corrected chi connectivity index (χ0v) is 7.30. The van der Waals surface area contributed by atoms with Gasteiger partial charge in [-0.05, 0) is 12.1 Å².